The van der Waals surface area contributed by atoms with Gasteiger partial charge in [-0.25, -0.2) is 22.4 Å². The highest BCUT2D eigenvalue weighted by molar-refractivity contribution is 6.01. The summed E-state index contributed by atoms with van der Waals surface area (Å²) in [5.41, 5.74) is -1.23. The summed E-state index contributed by atoms with van der Waals surface area (Å²) < 4.78 is 59.2. The van der Waals surface area contributed by atoms with Gasteiger partial charge in [0.2, 0.25) is 0 Å². The summed E-state index contributed by atoms with van der Waals surface area (Å²) in [4.78, 5) is 23.5. The van der Waals surface area contributed by atoms with Crippen LogP contribution in [0.3, 0.4) is 0 Å². The number of Topliss-reactive ketones (excluding diaryl/α,β-unsaturated/α-hetero) is 1. The summed E-state index contributed by atoms with van der Waals surface area (Å²) in [5, 5.41) is 2.76. The molecular weight excluding hydrogens is 342 g/mol. The Morgan fingerprint density at radius 1 is 1.12 bits per heavy atom. The normalized spacial score (nSPS) is 19.1. The van der Waals surface area contributed by atoms with E-state index in [1.54, 1.807) is 6.92 Å². The second-order valence-corrected chi connectivity index (χ2v) is 5.53. The van der Waals surface area contributed by atoms with Gasteiger partial charge in [-0.15, -0.1) is 0 Å². The predicted octanol–water partition coefficient (Wildman–Crippen LogP) is 3.04. The molecule has 1 N–H and O–H groups in total. The molecule has 0 aliphatic heterocycles. The van der Waals surface area contributed by atoms with Gasteiger partial charge in [0.15, 0.2) is 29.1 Å². The molecule has 2 rings (SSSR count). The van der Waals surface area contributed by atoms with Gasteiger partial charge < -0.3 is 10.1 Å². The van der Waals surface area contributed by atoms with Gasteiger partial charge in [-0.05, 0) is 19.8 Å². The van der Waals surface area contributed by atoms with Gasteiger partial charge >= 0.3 is 5.97 Å². The molecule has 136 valence electrons. The van der Waals surface area contributed by atoms with Gasteiger partial charge in [-0.1, -0.05) is 6.92 Å². The van der Waals surface area contributed by atoms with Crippen molar-refractivity contribution in [3.05, 3.63) is 46.7 Å². The molecule has 0 bridgehead atoms. The third kappa shape index (κ3) is 3.83. The highest BCUT2D eigenvalue weighted by Crippen LogP contribution is 2.37. The Hall–Kier alpha value is -2.38. The first-order chi connectivity index (χ1) is 11.8. The molecular formula is C17H17F4NO3. The number of hydrogen-bond acceptors (Lipinski definition) is 4. The average molecular weight is 359 g/mol. The molecule has 0 amide bonds. The minimum atomic E-state index is -1.99. The lowest BCUT2D eigenvalue weighted by atomic mass is 9.97. The molecule has 0 saturated heterocycles. The Morgan fingerprint density at radius 2 is 1.76 bits per heavy atom. The van der Waals surface area contributed by atoms with Crippen LogP contribution in [0, 0.1) is 29.2 Å². The van der Waals surface area contributed by atoms with Crippen LogP contribution in [0.15, 0.2) is 12.3 Å². The summed E-state index contributed by atoms with van der Waals surface area (Å²) in [6, 6.07) is -0.404. The highest BCUT2D eigenvalue weighted by Gasteiger charge is 2.45. The lowest BCUT2D eigenvalue weighted by Gasteiger charge is -2.11. The van der Waals surface area contributed by atoms with Crippen molar-refractivity contribution in [1.29, 1.82) is 0 Å². The van der Waals surface area contributed by atoms with E-state index >= 15 is 0 Å². The molecule has 0 aromatic heterocycles. The second-order valence-electron chi connectivity index (χ2n) is 5.53. The van der Waals surface area contributed by atoms with E-state index in [1.165, 1.54) is 13.1 Å². The van der Waals surface area contributed by atoms with E-state index in [0.29, 0.717) is 6.42 Å². The zero-order valence-corrected chi connectivity index (χ0v) is 13.7. The predicted molar refractivity (Wildman–Crippen MR) is 80.8 cm³/mol. The maximum atomic E-state index is 14.0. The summed E-state index contributed by atoms with van der Waals surface area (Å²) in [6.07, 6.45) is 2.56. The van der Waals surface area contributed by atoms with Crippen LogP contribution in [-0.4, -0.2) is 24.4 Å². The number of hydrogen-bond donors (Lipinski definition) is 1. The summed E-state index contributed by atoms with van der Waals surface area (Å²) in [5.74, 6) is -9.21. The molecule has 1 fully saturated rings. The summed E-state index contributed by atoms with van der Waals surface area (Å²) in [7, 11) is 0. The Bertz CT molecular complexity index is 733. The van der Waals surface area contributed by atoms with Crippen molar-refractivity contribution in [1.82, 2.24) is 5.32 Å². The number of esters is 1. The SMILES string of the molecule is CCOC(=O)C=CNC1CC1C(=O)c1c(F)c(F)c(F)c(F)c1CC. The van der Waals surface area contributed by atoms with Crippen molar-refractivity contribution in [3.8, 4) is 0 Å². The monoisotopic (exact) mass is 359 g/mol. The number of carbonyl (C=O) groups excluding carboxylic acids is 2. The fourth-order valence-electron chi connectivity index (χ4n) is 2.55. The summed E-state index contributed by atoms with van der Waals surface area (Å²) >= 11 is 0. The summed E-state index contributed by atoms with van der Waals surface area (Å²) in [6.45, 7) is 3.28. The Balaban J connectivity index is 2.14. The van der Waals surface area contributed by atoms with Crippen LogP contribution < -0.4 is 5.32 Å². The van der Waals surface area contributed by atoms with Crippen LogP contribution in [0.5, 0.6) is 0 Å². The molecule has 0 heterocycles. The van der Waals surface area contributed by atoms with Gasteiger partial charge in [0, 0.05) is 29.8 Å². The zero-order chi connectivity index (χ0) is 18.7. The van der Waals surface area contributed by atoms with E-state index in [0.717, 1.165) is 6.08 Å². The molecule has 1 saturated carbocycles. The maximum Gasteiger partial charge on any atom is 0.332 e. The first kappa shape index (κ1) is 19.0. The van der Waals surface area contributed by atoms with Gasteiger partial charge in [0.1, 0.15) is 0 Å². The largest absolute Gasteiger partial charge is 0.463 e. The van der Waals surface area contributed by atoms with Gasteiger partial charge in [-0.2, -0.15) is 0 Å². The molecule has 1 aliphatic carbocycles. The number of nitrogens with one attached hydrogen (secondary N) is 1. The highest BCUT2D eigenvalue weighted by atomic mass is 19.2. The van der Waals surface area contributed by atoms with Gasteiger partial charge in [-0.3, -0.25) is 4.79 Å². The van der Waals surface area contributed by atoms with Gasteiger partial charge in [0.25, 0.3) is 0 Å². The van der Waals surface area contributed by atoms with Crippen molar-refractivity contribution in [2.45, 2.75) is 32.7 Å². The Kier molecular flexibility index (Phi) is 5.81. The van der Waals surface area contributed by atoms with E-state index in [1.807, 2.05) is 0 Å². The van der Waals surface area contributed by atoms with Gasteiger partial charge in [0.05, 0.1) is 12.2 Å². The number of benzene rings is 1. The van der Waals surface area contributed by atoms with Crippen molar-refractivity contribution in [2.24, 2.45) is 5.92 Å². The number of ketones is 1. The van der Waals surface area contributed by atoms with E-state index in [2.05, 4.69) is 10.1 Å². The second kappa shape index (κ2) is 7.67. The molecule has 1 aliphatic rings. The minimum absolute atomic E-state index is 0.158. The third-order valence-corrected chi connectivity index (χ3v) is 3.91. The smallest absolute Gasteiger partial charge is 0.332 e. The fourth-order valence-corrected chi connectivity index (χ4v) is 2.55. The van der Waals surface area contributed by atoms with Crippen molar-refractivity contribution >= 4 is 11.8 Å². The molecule has 2 atom stereocenters. The molecule has 8 heteroatoms. The quantitative estimate of drug-likeness (QED) is 0.203. The lowest BCUT2D eigenvalue weighted by molar-refractivity contribution is -0.137. The zero-order valence-electron chi connectivity index (χ0n) is 13.7. The van der Waals surface area contributed by atoms with E-state index in [9.17, 15) is 27.2 Å². The number of ether oxygens (including phenoxy) is 1. The molecule has 4 nitrogen and oxygen atoms in total. The molecule has 2 unspecified atom stereocenters. The molecule has 25 heavy (non-hydrogen) atoms. The van der Waals surface area contributed by atoms with Crippen LogP contribution in [-0.2, 0) is 16.0 Å². The third-order valence-electron chi connectivity index (χ3n) is 3.91. The Morgan fingerprint density at radius 3 is 2.36 bits per heavy atom. The molecule has 1 aromatic carbocycles. The van der Waals surface area contributed by atoms with Crippen molar-refractivity contribution in [2.75, 3.05) is 6.61 Å². The molecule has 1 aromatic rings. The van der Waals surface area contributed by atoms with Crippen LogP contribution in [0.2, 0.25) is 0 Å². The van der Waals surface area contributed by atoms with Crippen molar-refractivity contribution < 1.29 is 31.9 Å². The minimum Gasteiger partial charge on any atom is -0.463 e. The van der Waals surface area contributed by atoms with Crippen LogP contribution in [0.1, 0.15) is 36.2 Å². The molecule has 0 radical (unpaired) electrons. The first-order valence-corrected chi connectivity index (χ1v) is 7.81. The lowest BCUT2D eigenvalue weighted by Crippen LogP contribution is -2.19. The van der Waals surface area contributed by atoms with Crippen LogP contribution in [0.25, 0.3) is 0 Å². The van der Waals surface area contributed by atoms with E-state index < -0.39 is 58.1 Å². The Labute approximate surface area is 141 Å². The number of rotatable bonds is 7. The average Bonchev–Trinajstić information content (AvgIpc) is 3.35. The first-order valence-electron chi connectivity index (χ1n) is 7.81. The standard InChI is InChI=1S/C17H17F4NO3/c1-3-8-12(14(19)16(21)15(20)13(8)18)17(24)9-7-10(9)22-6-5-11(23)25-4-2/h5-6,9-10,22H,3-4,7H2,1-2H3. The number of halogens is 4. The van der Waals surface area contributed by atoms with Crippen LogP contribution in [0.4, 0.5) is 17.6 Å². The fraction of sp³-hybridized carbons (Fsp3) is 0.412. The number of carbonyl (C=O) groups is 2. The molecule has 0 spiro atoms. The van der Waals surface area contributed by atoms with Crippen LogP contribution >= 0.6 is 0 Å². The van der Waals surface area contributed by atoms with E-state index in [4.69, 9.17) is 0 Å². The van der Waals surface area contributed by atoms with E-state index in [-0.39, 0.29) is 13.0 Å². The van der Waals surface area contributed by atoms with Crippen molar-refractivity contribution in [3.63, 3.8) is 0 Å². The topological polar surface area (TPSA) is 55.4 Å². The maximum absolute atomic E-state index is 14.0.